The second-order valence-corrected chi connectivity index (χ2v) is 3.65. The van der Waals surface area contributed by atoms with E-state index >= 15 is 0 Å². The Labute approximate surface area is 82.5 Å². The van der Waals surface area contributed by atoms with Crippen molar-refractivity contribution in [3.8, 4) is 11.8 Å². The standard InChI is InChI=1S/C11H11FS/c1-2-3-4-8-13-11-7-5-6-10(12)9-11/h5-7,9H,4,8H2,1H3. The SMILES string of the molecule is CC#CCCSc1cccc(F)c1. The number of thioether (sulfide) groups is 1. The molecule has 0 bridgehead atoms. The van der Waals surface area contributed by atoms with Gasteiger partial charge in [0.25, 0.3) is 0 Å². The molecule has 0 heterocycles. The van der Waals surface area contributed by atoms with Gasteiger partial charge in [-0.05, 0) is 25.1 Å². The molecule has 0 aliphatic heterocycles. The number of halogens is 1. The van der Waals surface area contributed by atoms with E-state index in [4.69, 9.17) is 0 Å². The Morgan fingerprint density at radius 2 is 2.31 bits per heavy atom. The summed E-state index contributed by atoms with van der Waals surface area (Å²) in [5.74, 6) is 6.54. The van der Waals surface area contributed by atoms with Crippen molar-refractivity contribution in [2.24, 2.45) is 0 Å². The third kappa shape index (κ3) is 4.00. The van der Waals surface area contributed by atoms with E-state index in [1.165, 1.54) is 6.07 Å². The average molecular weight is 194 g/mol. The molecule has 0 aliphatic carbocycles. The molecule has 0 amide bonds. The van der Waals surface area contributed by atoms with Crippen LogP contribution in [-0.2, 0) is 0 Å². The molecular formula is C11H11FS. The van der Waals surface area contributed by atoms with Gasteiger partial charge in [0.05, 0.1) is 0 Å². The van der Waals surface area contributed by atoms with Crippen molar-refractivity contribution in [2.75, 3.05) is 5.75 Å². The van der Waals surface area contributed by atoms with Crippen molar-refractivity contribution in [2.45, 2.75) is 18.2 Å². The van der Waals surface area contributed by atoms with Gasteiger partial charge in [-0.25, -0.2) is 4.39 Å². The Hall–Kier alpha value is -0.940. The lowest BCUT2D eigenvalue weighted by Crippen LogP contribution is -1.78. The molecule has 0 radical (unpaired) electrons. The van der Waals surface area contributed by atoms with Crippen LogP contribution in [0.2, 0.25) is 0 Å². The molecule has 0 saturated heterocycles. The summed E-state index contributed by atoms with van der Waals surface area (Å²) in [6.07, 6.45) is 0.859. The van der Waals surface area contributed by atoms with Gasteiger partial charge in [-0.2, -0.15) is 0 Å². The Kier molecular flexibility index (Phi) is 4.42. The molecule has 0 atom stereocenters. The summed E-state index contributed by atoms with van der Waals surface area (Å²) in [6.45, 7) is 1.83. The van der Waals surface area contributed by atoms with Crippen molar-refractivity contribution in [1.29, 1.82) is 0 Å². The van der Waals surface area contributed by atoms with Crippen LogP contribution in [0.15, 0.2) is 29.2 Å². The summed E-state index contributed by atoms with van der Waals surface area (Å²) in [6, 6.07) is 6.64. The minimum absolute atomic E-state index is 0.174. The van der Waals surface area contributed by atoms with E-state index < -0.39 is 0 Å². The fourth-order valence-corrected chi connectivity index (χ4v) is 1.71. The molecular weight excluding hydrogens is 183 g/mol. The Morgan fingerprint density at radius 1 is 1.46 bits per heavy atom. The number of benzene rings is 1. The smallest absolute Gasteiger partial charge is 0.124 e. The number of hydrogen-bond acceptors (Lipinski definition) is 1. The quantitative estimate of drug-likeness (QED) is 0.404. The fraction of sp³-hybridized carbons (Fsp3) is 0.273. The monoisotopic (exact) mass is 194 g/mol. The Balaban J connectivity index is 2.39. The normalized spacial score (nSPS) is 9.08. The van der Waals surface area contributed by atoms with Crippen LogP contribution in [0.25, 0.3) is 0 Å². The van der Waals surface area contributed by atoms with Gasteiger partial charge in [-0.1, -0.05) is 6.07 Å². The minimum atomic E-state index is -0.174. The maximum absolute atomic E-state index is 12.7. The van der Waals surface area contributed by atoms with Gasteiger partial charge in [0.1, 0.15) is 5.82 Å². The van der Waals surface area contributed by atoms with Gasteiger partial charge in [0.15, 0.2) is 0 Å². The fourth-order valence-electron chi connectivity index (χ4n) is 0.902. The maximum Gasteiger partial charge on any atom is 0.124 e. The zero-order valence-electron chi connectivity index (χ0n) is 7.51. The summed E-state index contributed by atoms with van der Waals surface area (Å²) < 4.78 is 12.7. The predicted molar refractivity (Wildman–Crippen MR) is 55.2 cm³/mol. The maximum atomic E-state index is 12.7. The molecule has 68 valence electrons. The van der Waals surface area contributed by atoms with Crippen LogP contribution in [-0.4, -0.2) is 5.75 Å². The highest BCUT2D eigenvalue weighted by Crippen LogP contribution is 2.18. The molecule has 0 aliphatic rings. The van der Waals surface area contributed by atoms with E-state index in [0.717, 1.165) is 17.1 Å². The lowest BCUT2D eigenvalue weighted by molar-refractivity contribution is 0.624. The van der Waals surface area contributed by atoms with Crippen LogP contribution in [0.5, 0.6) is 0 Å². The third-order valence-corrected chi connectivity index (χ3v) is 2.46. The summed E-state index contributed by atoms with van der Waals surface area (Å²) in [5.41, 5.74) is 0. The Bertz CT molecular complexity index is 322. The molecule has 0 saturated carbocycles. The van der Waals surface area contributed by atoms with Crippen molar-refractivity contribution in [3.05, 3.63) is 30.1 Å². The zero-order chi connectivity index (χ0) is 9.52. The third-order valence-electron chi connectivity index (χ3n) is 1.47. The lowest BCUT2D eigenvalue weighted by atomic mass is 10.4. The van der Waals surface area contributed by atoms with Gasteiger partial charge in [0, 0.05) is 17.1 Å². The van der Waals surface area contributed by atoms with E-state index in [1.54, 1.807) is 23.9 Å². The van der Waals surface area contributed by atoms with Gasteiger partial charge < -0.3 is 0 Å². The molecule has 0 N–H and O–H groups in total. The van der Waals surface area contributed by atoms with Gasteiger partial charge in [-0.3, -0.25) is 0 Å². The average Bonchev–Trinajstić information content (AvgIpc) is 2.13. The summed E-state index contributed by atoms with van der Waals surface area (Å²) >= 11 is 1.63. The van der Waals surface area contributed by atoms with Crippen LogP contribution in [0, 0.1) is 17.7 Å². The highest BCUT2D eigenvalue weighted by molar-refractivity contribution is 7.99. The molecule has 1 aromatic rings. The van der Waals surface area contributed by atoms with Crippen LogP contribution in [0.1, 0.15) is 13.3 Å². The predicted octanol–water partition coefficient (Wildman–Crippen LogP) is 3.33. The van der Waals surface area contributed by atoms with Crippen molar-refractivity contribution in [3.63, 3.8) is 0 Å². The first kappa shape index (κ1) is 10.1. The molecule has 0 aromatic heterocycles. The van der Waals surface area contributed by atoms with E-state index in [1.807, 2.05) is 13.0 Å². The molecule has 0 unspecified atom stereocenters. The second-order valence-electron chi connectivity index (χ2n) is 2.48. The molecule has 1 rings (SSSR count). The summed E-state index contributed by atoms with van der Waals surface area (Å²) in [7, 11) is 0. The molecule has 0 nitrogen and oxygen atoms in total. The van der Waals surface area contributed by atoms with E-state index in [9.17, 15) is 4.39 Å². The largest absolute Gasteiger partial charge is 0.207 e. The first-order chi connectivity index (χ1) is 6.33. The molecule has 0 fully saturated rings. The van der Waals surface area contributed by atoms with E-state index in [2.05, 4.69) is 11.8 Å². The second kappa shape index (κ2) is 5.66. The van der Waals surface area contributed by atoms with Gasteiger partial charge >= 0.3 is 0 Å². The highest BCUT2D eigenvalue weighted by atomic mass is 32.2. The molecule has 13 heavy (non-hydrogen) atoms. The van der Waals surface area contributed by atoms with Crippen molar-refractivity contribution < 1.29 is 4.39 Å². The summed E-state index contributed by atoms with van der Waals surface area (Å²) in [5, 5.41) is 0. The van der Waals surface area contributed by atoms with Crippen molar-refractivity contribution in [1.82, 2.24) is 0 Å². The Morgan fingerprint density at radius 3 is 3.00 bits per heavy atom. The lowest BCUT2D eigenvalue weighted by Gasteiger charge is -1.97. The van der Waals surface area contributed by atoms with Crippen LogP contribution < -0.4 is 0 Å². The van der Waals surface area contributed by atoms with Gasteiger partial charge in [0.2, 0.25) is 0 Å². The number of hydrogen-bond donors (Lipinski definition) is 0. The van der Waals surface area contributed by atoms with E-state index in [-0.39, 0.29) is 5.82 Å². The molecule has 1 aromatic carbocycles. The first-order valence-electron chi connectivity index (χ1n) is 4.11. The molecule has 0 spiro atoms. The van der Waals surface area contributed by atoms with Gasteiger partial charge in [-0.15, -0.1) is 23.6 Å². The minimum Gasteiger partial charge on any atom is -0.207 e. The topological polar surface area (TPSA) is 0 Å². The van der Waals surface area contributed by atoms with Crippen LogP contribution in [0.3, 0.4) is 0 Å². The first-order valence-corrected chi connectivity index (χ1v) is 5.09. The van der Waals surface area contributed by atoms with Crippen LogP contribution in [0.4, 0.5) is 4.39 Å². The van der Waals surface area contributed by atoms with Crippen LogP contribution >= 0.6 is 11.8 Å². The molecule has 2 heteroatoms. The highest BCUT2D eigenvalue weighted by Gasteiger charge is 1.94. The summed E-state index contributed by atoms with van der Waals surface area (Å²) in [4.78, 5) is 0.970. The van der Waals surface area contributed by atoms with Crippen molar-refractivity contribution >= 4 is 11.8 Å². The number of rotatable bonds is 3. The zero-order valence-corrected chi connectivity index (χ0v) is 8.33. The van der Waals surface area contributed by atoms with E-state index in [0.29, 0.717) is 0 Å².